The van der Waals surface area contributed by atoms with E-state index in [2.05, 4.69) is 15.3 Å². The molecule has 110 valence electrons. The molecule has 2 aromatic rings. The SMILES string of the molecule is NCCn1cc(C(=O)N2CCCC2c2cccnc2)nn1. The third-order valence-corrected chi connectivity index (χ3v) is 3.70. The highest BCUT2D eigenvalue weighted by Crippen LogP contribution is 2.32. The fourth-order valence-electron chi connectivity index (χ4n) is 2.71. The van der Waals surface area contributed by atoms with E-state index >= 15 is 0 Å². The second kappa shape index (κ2) is 6.01. The maximum absolute atomic E-state index is 12.6. The van der Waals surface area contributed by atoms with Crippen LogP contribution in [0, 0.1) is 0 Å². The smallest absolute Gasteiger partial charge is 0.276 e. The number of likely N-dealkylation sites (tertiary alicyclic amines) is 1. The van der Waals surface area contributed by atoms with E-state index in [1.165, 1.54) is 0 Å². The lowest BCUT2D eigenvalue weighted by Gasteiger charge is -2.23. The van der Waals surface area contributed by atoms with Gasteiger partial charge in [0.15, 0.2) is 5.69 Å². The van der Waals surface area contributed by atoms with E-state index < -0.39 is 0 Å². The quantitative estimate of drug-likeness (QED) is 0.889. The van der Waals surface area contributed by atoms with Gasteiger partial charge in [-0.25, -0.2) is 0 Å². The first-order valence-electron chi connectivity index (χ1n) is 7.10. The molecule has 3 rings (SSSR count). The van der Waals surface area contributed by atoms with E-state index in [4.69, 9.17) is 5.73 Å². The van der Waals surface area contributed by atoms with Crippen LogP contribution in [-0.2, 0) is 6.54 Å². The van der Waals surface area contributed by atoms with Gasteiger partial charge in [-0.15, -0.1) is 5.10 Å². The van der Waals surface area contributed by atoms with Crippen molar-refractivity contribution in [2.75, 3.05) is 13.1 Å². The predicted octanol–water partition coefficient (Wildman–Crippen LogP) is 0.609. The molecule has 0 spiro atoms. The van der Waals surface area contributed by atoms with Crippen molar-refractivity contribution in [3.05, 3.63) is 42.0 Å². The van der Waals surface area contributed by atoms with E-state index in [-0.39, 0.29) is 11.9 Å². The van der Waals surface area contributed by atoms with Gasteiger partial charge in [0.1, 0.15) is 0 Å². The van der Waals surface area contributed by atoms with Crippen LogP contribution in [0.25, 0.3) is 0 Å². The maximum atomic E-state index is 12.6. The molecule has 21 heavy (non-hydrogen) atoms. The zero-order valence-electron chi connectivity index (χ0n) is 11.7. The molecule has 1 atom stereocenters. The standard InChI is InChI=1S/C14H18N6O/c15-5-8-19-10-12(17-18-19)14(21)20-7-2-4-13(20)11-3-1-6-16-9-11/h1,3,6,9-10,13H,2,4-5,7-8,15H2. The molecule has 0 aromatic carbocycles. The van der Waals surface area contributed by atoms with Gasteiger partial charge < -0.3 is 10.6 Å². The van der Waals surface area contributed by atoms with Gasteiger partial charge in [-0.3, -0.25) is 14.5 Å². The largest absolute Gasteiger partial charge is 0.330 e. The number of aromatic nitrogens is 4. The normalized spacial score (nSPS) is 18.1. The Labute approximate surface area is 122 Å². The van der Waals surface area contributed by atoms with Crippen LogP contribution in [0.4, 0.5) is 0 Å². The Morgan fingerprint density at radius 3 is 3.14 bits per heavy atom. The molecular formula is C14H18N6O. The summed E-state index contributed by atoms with van der Waals surface area (Å²) >= 11 is 0. The van der Waals surface area contributed by atoms with Crippen LogP contribution < -0.4 is 5.73 Å². The Morgan fingerprint density at radius 2 is 2.38 bits per heavy atom. The van der Waals surface area contributed by atoms with Crippen LogP contribution >= 0.6 is 0 Å². The van der Waals surface area contributed by atoms with Crippen molar-refractivity contribution in [1.29, 1.82) is 0 Å². The summed E-state index contributed by atoms with van der Waals surface area (Å²) in [6.45, 7) is 1.77. The first-order chi connectivity index (χ1) is 10.3. The fraction of sp³-hybridized carbons (Fsp3) is 0.429. The predicted molar refractivity (Wildman–Crippen MR) is 76.3 cm³/mol. The molecule has 1 fully saturated rings. The highest BCUT2D eigenvalue weighted by atomic mass is 16.2. The lowest BCUT2D eigenvalue weighted by molar-refractivity contribution is 0.0729. The van der Waals surface area contributed by atoms with Gasteiger partial charge in [0.2, 0.25) is 0 Å². The van der Waals surface area contributed by atoms with Crippen molar-refractivity contribution in [3.8, 4) is 0 Å². The van der Waals surface area contributed by atoms with Crippen LogP contribution in [0.2, 0.25) is 0 Å². The molecule has 1 aliphatic rings. The van der Waals surface area contributed by atoms with Gasteiger partial charge in [0.05, 0.1) is 18.8 Å². The number of nitrogens with two attached hydrogens (primary N) is 1. The Hall–Kier alpha value is -2.28. The highest BCUT2D eigenvalue weighted by Gasteiger charge is 2.31. The molecule has 0 bridgehead atoms. The third-order valence-electron chi connectivity index (χ3n) is 3.70. The summed E-state index contributed by atoms with van der Waals surface area (Å²) in [7, 11) is 0. The van der Waals surface area contributed by atoms with E-state index in [1.807, 2.05) is 23.2 Å². The van der Waals surface area contributed by atoms with Crippen molar-refractivity contribution >= 4 is 5.91 Å². The minimum Gasteiger partial charge on any atom is -0.330 e. The van der Waals surface area contributed by atoms with Crippen molar-refractivity contribution in [2.24, 2.45) is 5.73 Å². The Balaban J connectivity index is 1.79. The average Bonchev–Trinajstić information content (AvgIpc) is 3.17. The molecule has 7 heteroatoms. The summed E-state index contributed by atoms with van der Waals surface area (Å²) in [6, 6.07) is 3.98. The summed E-state index contributed by atoms with van der Waals surface area (Å²) in [6.07, 6.45) is 7.16. The third kappa shape index (κ3) is 2.78. The number of amides is 1. The highest BCUT2D eigenvalue weighted by molar-refractivity contribution is 5.92. The summed E-state index contributed by atoms with van der Waals surface area (Å²) in [5.41, 5.74) is 6.92. The van der Waals surface area contributed by atoms with Crippen molar-refractivity contribution in [1.82, 2.24) is 24.9 Å². The zero-order chi connectivity index (χ0) is 14.7. The Bertz CT molecular complexity index is 611. The van der Waals surface area contributed by atoms with Crippen LogP contribution in [-0.4, -0.2) is 43.9 Å². The molecule has 1 saturated heterocycles. The van der Waals surface area contributed by atoms with Crippen LogP contribution in [0.1, 0.15) is 34.9 Å². The molecule has 0 radical (unpaired) electrons. The van der Waals surface area contributed by atoms with Gasteiger partial charge in [0, 0.05) is 25.5 Å². The molecule has 1 unspecified atom stereocenters. The topological polar surface area (TPSA) is 89.9 Å². The summed E-state index contributed by atoms with van der Waals surface area (Å²) < 4.78 is 1.60. The van der Waals surface area contributed by atoms with Crippen molar-refractivity contribution in [3.63, 3.8) is 0 Å². The van der Waals surface area contributed by atoms with E-state index in [1.54, 1.807) is 17.1 Å². The number of hydrogen-bond acceptors (Lipinski definition) is 5. The number of carbonyl (C=O) groups excluding carboxylic acids is 1. The molecule has 0 aliphatic carbocycles. The first kappa shape index (κ1) is 13.7. The van der Waals surface area contributed by atoms with E-state index in [0.717, 1.165) is 24.9 Å². The number of carbonyl (C=O) groups is 1. The zero-order valence-corrected chi connectivity index (χ0v) is 11.7. The Morgan fingerprint density at radius 1 is 1.48 bits per heavy atom. The Kier molecular flexibility index (Phi) is 3.92. The van der Waals surface area contributed by atoms with Crippen molar-refractivity contribution in [2.45, 2.75) is 25.4 Å². The summed E-state index contributed by atoms with van der Waals surface area (Å²) in [5.74, 6) is -0.0791. The molecular weight excluding hydrogens is 268 g/mol. The van der Waals surface area contributed by atoms with Gasteiger partial charge >= 0.3 is 0 Å². The molecule has 2 aromatic heterocycles. The minimum absolute atomic E-state index is 0.0749. The molecule has 1 amide bonds. The van der Waals surface area contributed by atoms with Crippen LogP contribution in [0.15, 0.2) is 30.7 Å². The molecule has 7 nitrogen and oxygen atoms in total. The van der Waals surface area contributed by atoms with Gasteiger partial charge in [-0.2, -0.15) is 0 Å². The number of pyridine rings is 1. The van der Waals surface area contributed by atoms with Gasteiger partial charge in [-0.1, -0.05) is 11.3 Å². The van der Waals surface area contributed by atoms with E-state index in [0.29, 0.717) is 18.8 Å². The van der Waals surface area contributed by atoms with Crippen LogP contribution in [0.5, 0.6) is 0 Å². The second-order valence-electron chi connectivity index (χ2n) is 5.10. The van der Waals surface area contributed by atoms with Crippen LogP contribution in [0.3, 0.4) is 0 Å². The minimum atomic E-state index is -0.0791. The summed E-state index contributed by atoms with van der Waals surface area (Å²) in [5, 5.41) is 7.88. The van der Waals surface area contributed by atoms with Gasteiger partial charge in [-0.05, 0) is 24.5 Å². The van der Waals surface area contributed by atoms with Gasteiger partial charge in [0.25, 0.3) is 5.91 Å². The maximum Gasteiger partial charge on any atom is 0.276 e. The number of nitrogens with zero attached hydrogens (tertiary/aromatic N) is 5. The van der Waals surface area contributed by atoms with E-state index in [9.17, 15) is 4.79 Å². The molecule has 3 heterocycles. The summed E-state index contributed by atoms with van der Waals surface area (Å²) in [4.78, 5) is 18.6. The lowest BCUT2D eigenvalue weighted by atomic mass is 10.1. The monoisotopic (exact) mass is 286 g/mol. The second-order valence-corrected chi connectivity index (χ2v) is 5.10. The molecule has 1 aliphatic heterocycles. The first-order valence-corrected chi connectivity index (χ1v) is 7.10. The van der Waals surface area contributed by atoms with Crippen molar-refractivity contribution < 1.29 is 4.79 Å². The average molecular weight is 286 g/mol. The molecule has 2 N–H and O–H groups in total. The number of hydrogen-bond donors (Lipinski definition) is 1. The molecule has 0 saturated carbocycles. The number of rotatable bonds is 4. The fourth-order valence-corrected chi connectivity index (χ4v) is 2.71. The lowest BCUT2D eigenvalue weighted by Crippen LogP contribution is -2.30.